The first-order valence-electron chi connectivity index (χ1n) is 8.84. The standard InChI is InChI=1S/C20H22Cl2N2O3/c21-16-6-7-19(17(22)12-16)27-14-20(25)23-18(15-4-2-1-3-5-15)13-24-8-10-26-11-9-24/h1-7,12,18H,8-11,13-14H2,(H,23,25)/t18-/m1/s1. The summed E-state index contributed by atoms with van der Waals surface area (Å²) in [5, 5.41) is 3.96. The highest BCUT2D eigenvalue weighted by molar-refractivity contribution is 6.35. The quantitative estimate of drug-likeness (QED) is 0.760. The Morgan fingerprint density at radius 1 is 1.15 bits per heavy atom. The number of ether oxygens (including phenoxy) is 2. The molecule has 1 saturated heterocycles. The largest absolute Gasteiger partial charge is 0.482 e. The van der Waals surface area contributed by atoms with Gasteiger partial charge >= 0.3 is 0 Å². The molecule has 1 fully saturated rings. The van der Waals surface area contributed by atoms with Gasteiger partial charge in [0.1, 0.15) is 5.75 Å². The molecular weight excluding hydrogens is 387 g/mol. The van der Waals surface area contributed by atoms with Gasteiger partial charge in [-0.05, 0) is 23.8 Å². The van der Waals surface area contributed by atoms with E-state index in [-0.39, 0.29) is 18.6 Å². The first kappa shape index (κ1) is 20.0. The molecule has 0 saturated carbocycles. The molecule has 1 aliphatic rings. The molecule has 5 nitrogen and oxygen atoms in total. The lowest BCUT2D eigenvalue weighted by atomic mass is 10.1. The SMILES string of the molecule is O=C(COc1ccc(Cl)cc1Cl)N[C@H](CN1CCOCC1)c1ccccc1. The van der Waals surface area contributed by atoms with E-state index >= 15 is 0 Å². The van der Waals surface area contributed by atoms with E-state index in [9.17, 15) is 4.79 Å². The summed E-state index contributed by atoms with van der Waals surface area (Å²) in [5.74, 6) is 0.226. The van der Waals surface area contributed by atoms with Crippen molar-refractivity contribution in [3.05, 3.63) is 64.1 Å². The number of morpholine rings is 1. The van der Waals surface area contributed by atoms with Crippen molar-refractivity contribution >= 4 is 29.1 Å². The molecule has 7 heteroatoms. The zero-order valence-electron chi connectivity index (χ0n) is 14.9. The fraction of sp³-hybridized carbons (Fsp3) is 0.350. The zero-order valence-corrected chi connectivity index (χ0v) is 16.4. The van der Waals surface area contributed by atoms with Gasteiger partial charge < -0.3 is 14.8 Å². The van der Waals surface area contributed by atoms with Crippen LogP contribution in [0, 0.1) is 0 Å². The molecule has 0 aliphatic carbocycles. The van der Waals surface area contributed by atoms with E-state index < -0.39 is 0 Å². The van der Waals surface area contributed by atoms with Crippen LogP contribution in [0.3, 0.4) is 0 Å². The second-order valence-corrected chi connectivity index (χ2v) is 7.15. The van der Waals surface area contributed by atoms with Gasteiger partial charge in [-0.1, -0.05) is 53.5 Å². The monoisotopic (exact) mass is 408 g/mol. The topological polar surface area (TPSA) is 50.8 Å². The summed E-state index contributed by atoms with van der Waals surface area (Å²) in [5.41, 5.74) is 1.06. The van der Waals surface area contributed by atoms with E-state index in [1.165, 1.54) is 0 Å². The summed E-state index contributed by atoms with van der Waals surface area (Å²) in [6, 6.07) is 14.7. The van der Waals surface area contributed by atoms with Crippen molar-refractivity contribution < 1.29 is 14.3 Å². The minimum atomic E-state index is -0.205. The summed E-state index contributed by atoms with van der Waals surface area (Å²) in [6.07, 6.45) is 0. The molecule has 0 spiro atoms. The molecule has 27 heavy (non-hydrogen) atoms. The third-order valence-electron chi connectivity index (χ3n) is 4.33. The van der Waals surface area contributed by atoms with E-state index in [0.29, 0.717) is 29.0 Å². The molecule has 0 unspecified atom stereocenters. The van der Waals surface area contributed by atoms with Crippen LogP contribution in [-0.2, 0) is 9.53 Å². The van der Waals surface area contributed by atoms with Crippen LogP contribution in [0.2, 0.25) is 10.0 Å². The Morgan fingerprint density at radius 2 is 1.89 bits per heavy atom. The van der Waals surface area contributed by atoms with E-state index in [1.54, 1.807) is 18.2 Å². The Balaban J connectivity index is 1.61. The fourth-order valence-corrected chi connectivity index (χ4v) is 3.40. The molecule has 0 aromatic heterocycles. The van der Waals surface area contributed by atoms with Crippen LogP contribution in [0.4, 0.5) is 0 Å². The number of carbonyl (C=O) groups is 1. The average molecular weight is 409 g/mol. The number of amides is 1. The van der Waals surface area contributed by atoms with Gasteiger partial charge in [-0.2, -0.15) is 0 Å². The lowest BCUT2D eigenvalue weighted by molar-refractivity contribution is -0.124. The van der Waals surface area contributed by atoms with E-state index in [1.807, 2.05) is 30.3 Å². The van der Waals surface area contributed by atoms with Crippen molar-refractivity contribution in [3.8, 4) is 5.75 Å². The van der Waals surface area contributed by atoms with E-state index in [2.05, 4.69) is 10.2 Å². The van der Waals surface area contributed by atoms with Crippen molar-refractivity contribution in [3.63, 3.8) is 0 Å². The van der Waals surface area contributed by atoms with Crippen molar-refractivity contribution in [1.29, 1.82) is 0 Å². The third-order valence-corrected chi connectivity index (χ3v) is 4.86. The summed E-state index contributed by atoms with van der Waals surface area (Å²) in [6.45, 7) is 3.75. The van der Waals surface area contributed by atoms with Crippen LogP contribution >= 0.6 is 23.2 Å². The van der Waals surface area contributed by atoms with Crippen LogP contribution < -0.4 is 10.1 Å². The summed E-state index contributed by atoms with van der Waals surface area (Å²) in [7, 11) is 0. The smallest absolute Gasteiger partial charge is 0.258 e. The second kappa shape index (κ2) is 9.95. The Labute approximate surface area is 169 Å². The Morgan fingerprint density at radius 3 is 2.59 bits per heavy atom. The number of hydrogen-bond acceptors (Lipinski definition) is 4. The van der Waals surface area contributed by atoms with Crippen LogP contribution in [-0.4, -0.2) is 50.3 Å². The molecule has 1 N–H and O–H groups in total. The molecule has 1 aliphatic heterocycles. The average Bonchev–Trinajstić information content (AvgIpc) is 2.68. The maximum absolute atomic E-state index is 12.5. The van der Waals surface area contributed by atoms with Gasteiger partial charge in [0.2, 0.25) is 0 Å². The minimum Gasteiger partial charge on any atom is -0.482 e. The summed E-state index contributed by atoms with van der Waals surface area (Å²) in [4.78, 5) is 14.8. The molecule has 2 aromatic rings. The van der Waals surface area contributed by atoms with Crippen LogP contribution in [0.15, 0.2) is 48.5 Å². The van der Waals surface area contributed by atoms with Gasteiger partial charge in [-0.3, -0.25) is 9.69 Å². The normalized spacial score (nSPS) is 15.9. The number of nitrogens with zero attached hydrogens (tertiary/aromatic N) is 1. The first-order valence-corrected chi connectivity index (χ1v) is 9.59. The van der Waals surface area contributed by atoms with Gasteiger partial charge in [-0.15, -0.1) is 0 Å². The fourth-order valence-electron chi connectivity index (χ4n) is 2.93. The molecule has 2 aromatic carbocycles. The van der Waals surface area contributed by atoms with Gasteiger partial charge in [0.15, 0.2) is 6.61 Å². The predicted octanol–water partition coefficient (Wildman–Crippen LogP) is 3.56. The van der Waals surface area contributed by atoms with E-state index in [0.717, 1.165) is 25.2 Å². The molecule has 0 radical (unpaired) electrons. The Kier molecular flexibility index (Phi) is 7.35. The number of hydrogen-bond donors (Lipinski definition) is 1. The number of halogens is 2. The number of nitrogens with one attached hydrogen (secondary N) is 1. The third kappa shape index (κ3) is 6.11. The number of carbonyl (C=O) groups excluding carboxylic acids is 1. The predicted molar refractivity (Wildman–Crippen MR) is 107 cm³/mol. The van der Waals surface area contributed by atoms with Crippen LogP contribution in [0.1, 0.15) is 11.6 Å². The molecule has 0 bridgehead atoms. The highest BCUT2D eigenvalue weighted by Gasteiger charge is 2.20. The van der Waals surface area contributed by atoms with Crippen molar-refractivity contribution in [2.24, 2.45) is 0 Å². The van der Waals surface area contributed by atoms with Gasteiger partial charge in [0.05, 0.1) is 24.3 Å². The second-order valence-electron chi connectivity index (χ2n) is 6.31. The summed E-state index contributed by atoms with van der Waals surface area (Å²) >= 11 is 12.0. The molecule has 3 rings (SSSR count). The van der Waals surface area contributed by atoms with Crippen LogP contribution in [0.25, 0.3) is 0 Å². The molecular formula is C20H22Cl2N2O3. The Bertz CT molecular complexity index is 752. The van der Waals surface area contributed by atoms with Crippen molar-refractivity contribution in [2.75, 3.05) is 39.5 Å². The minimum absolute atomic E-state index is 0.117. The van der Waals surface area contributed by atoms with Gasteiger partial charge in [0, 0.05) is 24.7 Å². The van der Waals surface area contributed by atoms with Crippen molar-refractivity contribution in [1.82, 2.24) is 10.2 Å². The molecule has 1 heterocycles. The highest BCUT2D eigenvalue weighted by Crippen LogP contribution is 2.27. The number of benzene rings is 2. The van der Waals surface area contributed by atoms with E-state index in [4.69, 9.17) is 32.7 Å². The lowest BCUT2D eigenvalue weighted by Gasteiger charge is -2.31. The van der Waals surface area contributed by atoms with Gasteiger partial charge in [-0.25, -0.2) is 0 Å². The van der Waals surface area contributed by atoms with Crippen LogP contribution in [0.5, 0.6) is 5.75 Å². The Hall–Kier alpha value is -1.79. The van der Waals surface area contributed by atoms with Gasteiger partial charge in [0.25, 0.3) is 5.91 Å². The molecule has 1 atom stereocenters. The highest BCUT2D eigenvalue weighted by atomic mass is 35.5. The zero-order chi connectivity index (χ0) is 19.1. The molecule has 144 valence electrons. The molecule has 1 amide bonds. The summed E-state index contributed by atoms with van der Waals surface area (Å²) < 4.78 is 10.9. The number of rotatable bonds is 7. The maximum atomic E-state index is 12.5. The maximum Gasteiger partial charge on any atom is 0.258 e. The first-order chi connectivity index (χ1) is 13.1. The lowest BCUT2D eigenvalue weighted by Crippen LogP contribution is -2.44. The van der Waals surface area contributed by atoms with Crippen molar-refractivity contribution in [2.45, 2.75) is 6.04 Å².